The molecule has 0 saturated carbocycles. The molecule has 4 nitrogen and oxygen atoms in total. The van der Waals surface area contributed by atoms with Crippen molar-refractivity contribution in [3.63, 3.8) is 0 Å². The predicted molar refractivity (Wildman–Crippen MR) is 77.0 cm³/mol. The number of thioether (sulfide) groups is 1. The molecule has 0 atom stereocenters. The first kappa shape index (κ1) is 14.9. The van der Waals surface area contributed by atoms with Crippen LogP contribution in [0.4, 0.5) is 5.69 Å². The summed E-state index contributed by atoms with van der Waals surface area (Å²) in [6.45, 7) is 2.75. The van der Waals surface area contributed by atoms with Crippen molar-refractivity contribution in [1.82, 2.24) is 5.32 Å². The Balaban J connectivity index is 2.30. The normalized spacial score (nSPS) is 10.3. The molecule has 1 aromatic rings. The molecular formula is C13H20N2O2S. The van der Waals surface area contributed by atoms with Gasteiger partial charge in [-0.1, -0.05) is 0 Å². The molecule has 100 valence electrons. The van der Waals surface area contributed by atoms with Crippen LogP contribution in [0.15, 0.2) is 18.2 Å². The van der Waals surface area contributed by atoms with E-state index >= 15 is 0 Å². The van der Waals surface area contributed by atoms with E-state index in [0.29, 0.717) is 17.8 Å². The largest absolute Gasteiger partial charge is 0.399 e. The topological polar surface area (TPSA) is 75.3 Å². The Labute approximate surface area is 112 Å². The van der Waals surface area contributed by atoms with Crippen molar-refractivity contribution < 1.29 is 9.90 Å². The number of hydrogen-bond donors (Lipinski definition) is 3. The zero-order chi connectivity index (χ0) is 13.4. The second-order valence-electron chi connectivity index (χ2n) is 4.02. The van der Waals surface area contributed by atoms with Crippen LogP contribution < -0.4 is 11.1 Å². The number of rotatable bonds is 7. The second kappa shape index (κ2) is 8.00. The molecular weight excluding hydrogens is 248 g/mol. The molecule has 0 spiro atoms. The van der Waals surface area contributed by atoms with Crippen molar-refractivity contribution in [3.8, 4) is 0 Å². The number of nitrogens with two attached hydrogens (primary N) is 1. The number of carbonyl (C=O) groups excluding carboxylic acids is 1. The summed E-state index contributed by atoms with van der Waals surface area (Å²) in [5, 5.41) is 11.5. The number of anilines is 1. The molecule has 0 saturated heterocycles. The average molecular weight is 268 g/mol. The van der Waals surface area contributed by atoms with Gasteiger partial charge in [-0.3, -0.25) is 4.79 Å². The Morgan fingerprint density at radius 1 is 1.44 bits per heavy atom. The third-order valence-electron chi connectivity index (χ3n) is 2.51. The molecule has 0 unspecified atom stereocenters. The lowest BCUT2D eigenvalue weighted by Gasteiger charge is -2.07. The number of carbonyl (C=O) groups is 1. The van der Waals surface area contributed by atoms with Gasteiger partial charge in [0.05, 0.1) is 0 Å². The molecule has 0 aliphatic heterocycles. The van der Waals surface area contributed by atoms with Crippen molar-refractivity contribution in [1.29, 1.82) is 0 Å². The highest BCUT2D eigenvalue weighted by Crippen LogP contribution is 2.12. The van der Waals surface area contributed by atoms with Crippen molar-refractivity contribution in [2.75, 3.05) is 30.4 Å². The summed E-state index contributed by atoms with van der Waals surface area (Å²) in [7, 11) is 0. The molecule has 0 aliphatic rings. The van der Waals surface area contributed by atoms with Gasteiger partial charge in [0.1, 0.15) is 0 Å². The minimum absolute atomic E-state index is 0.0686. The first-order valence-corrected chi connectivity index (χ1v) is 7.13. The third kappa shape index (κ3) is 4.98. The highest BCUT2D eigenvalue weighted by Gasteiger charge is 2.05. The van der Waals surface area contributed by atoms with Gasteiger partial charge in [-0.05, 0) is 42.9 Å². The maximum absolute atomic E-state index is 11.8. The van der Waals surface area contributed by atoms with Gasteiger partial charge >= 0.3 is 0 Å². The highest BCUT2D eigenvalue weighted by molar-refractivity contribution is 7.99. The molecule has 0 bridgehead atoms. The minimum atomic E-state index is -0.0686. The van der Waals surface area contributed by atoms with Crippen LogP contribution in [0.1, 0.15) is 22.3 Å². The fourth-order valence-electron chi connectivity index (χ4n) is 1.42. The molecule has 0 radical (unpaired) electrons. The van der Waals surface area contributed by atoms with Gasteiger partial charge in [-0.2, -0.15) is 11.8 Å². The zero-order valence-electron chi connectivity index (χ0n) is 10.6. The van der Waals surface area contributed by atoms with Crippen LogP contribution in [0.3, 0.4) is 0 Å². The zero-order valence-corrected chi connectivity index (χ0v) is 11.4. The summed E-state index contributed by atoms with van der Waals surface area (Å²) in [6, 6.07) is 5.28. The van der Waals surface area contributed by atoms with E-state index in [4.69, 9.17) is 10.8 Å². The molecule has 0 fully saturated rings. The second-order valence-corrected chi connectivity index (χ2v) is 5.24. The number of nitrogen functional groups attached to an aromatic ring is 1. The predicted octanol–water partition coefficient (Wildman–Crippen LogP) is 1.42. The summed E-state index contributed by atoms with van der Waals surface area (Å²) in [4.78, 5) is 11.8. The lowest BCUT2D eigenvalue weighted by Crippen LogP contribution is -2.25. The molecule has 0 aromatic heterocycles. The van der Waals surface area contributed by atoms with Crippen LogP contribution in [0.2, 0.25) is 0 Å². The molecule has 18 heavy (non-hydrogen) atoms. The summed E-state index contributed by atoms with van der Waals surface area (Å²) in [5.74, 6) is 1.72. The Bertz CT molecular complexity index is 397. The number of aliphatic hydroxyl groups is 1. The van der Waals surface area contributed by atoms with Gasteiger partial charge in [0.15, 0.2) is 0 Å². The van der Waals surface area contributed by atoms with E-state index in [-0.39, 0.29) is 12.5 Å². The Morgan fingerprint density at radius 3 is 2.89 bits per heavy atom. The molecule has 5 heteroatoms. The van der Waals surface area contributed by atoms with E-state index in [0.717, 1.165) is 23.5 Å². The van der Waals surface area contributed by atoms with E-state index < -0.39 is 0 Å². The van der Waals surface area contributed by atoms with Crippen molar-refractivity contribution in [2.45, 2.75) is 13.3 Å². The Morgan fingerprint density at radius 2 is 2.22 bits per heavy atom. The van der Waals surface area contributed by atoms with Gasteiger partial charge in [-0.15, -0.1) is 0 Å². The van der Waals surface area contributed by atoms with E-state index in [1.807, 2.05) is 6.92 Å². The molecule has 1 amide bonds. The van der Waals surface area contributed by atoms with E-state index in [1.165, 1.54) is 0 Å². The molecule has 1 rings (SSSR count). The van der Waals surface area contributed by atoms with E-state index in [1.54, 1.807) is 30.0 Å². The third-order valence-corrected chi connectivity index (χ3v) is 3.58. The average Bonchev–Trinajstić information content (AvgIpc) is 2.36. The number of hydrogen-bond acceptors (Lipinski definition) is 4. The summed E-state index contributed by atoms with van der Waals surface area (Å²) >= 11 is 1.73. The Kier molecular flexibility index (Phi) is 6.60. The summed E-state index contributed by atoms with van der Waals surface area (Å²) in [5.41, 5.74) is 7.96. The number of amides is 1. The fourth-order valence-corrected chi connectivity index (χ4v) is 2.21. The van der Waals surface area contributed by atoms with Gasteiger partial charge in [0.25, 0.3) is 5.91 Å². The van der Waals surface area contributed by atoms with E-state index in [2.05, 4.69) is 5.32 Å². The first-order valence-electron chi connectivity index (χ1n) is 5.98. The first-order chi connectivity index (χ1) is 8.65. The lowest BCUT2D eigenvalue weighted by atomic mass is 10.1. The van der Waals surface area contributed by atoms with Crippen LogP contribution >= 0.6 is 11.8 Å². The van der Waals surface area contributed by atoms with Gasteiger partial charge < -0.3 is 16.2 Å². The van der Waals surface area contributed by atoms with E-state index in [9.17, 15) is 4.79 Å². The number of aryl methyl sites for hydroxylation is 1. The Hall–Kier alpha value is -1.20. The lowest BCUT2D eigenvalue weighted by molar-refractivity contribution is 0.0956. The molecule has 0 heterocycles. The van der Waals surface area contributed by atoms with Crippen LogP contribution in [0.5, 0.6) is 0 Å². The minimum Gasteiger partial charge on any atom is -0.399 e. The molecule has 4 N–H and O–H groups in total. The maximum Gasteiger partial charge on any atom is 0.251 e. The van der Waals surface area contributed by atoms with Crippen LogP contribution in [0.25, 0.3) is 0 Å². The van der Waals surface area contributed by atoms with Gasteiger partial charge in [0, 0.05) is 30.2 Å². The summed E-state index contributed by atoms with van der Waals surface area (Å²) < 4.78 is 0. The fraction of sp³-hybridized carbons (Fsp3) is 0.462. The quantitative estimate of drug-likeness (QED) is 0.516. The van der Waals surface area contributed by atoms with Gasteiger partial charge in [0.2, 0.25) is 0 Å². The van der Waals surface area contributed by atoms with Gasteiger partial charge in [-0.25, -0.2) is 0 Å². The number of benzene rings is 1. The smallest absolute Gasteiger partial charge is 0.251 e. The molecule has 0 aliphatic carbocycles. The monoisotopic (exact) mass is 268 g/mol. The van der Waals surface area contributed by atoms with Crippen LogP contribution in [0, 0.1) is 6.92 Å². The van der Waals surface area contributed by atoms with Crippen molar-refractivity contribution in [2.24, 2.45) is 0 Å². The van der Waals surface area contributed by atoms with Crippen molar-refractivity contribution in [3.05, 3.63) is 29.3 Å². The standard InChI is InChI=1S/C13H20N2O2S/c1-10-9-11(3-4-12(10)14)13(17)15-5-8-18-7-2-6-16/h3-4,9,16H,2,5-8,14H2,1H3,(H,15,17). The van der Waals surface area contributed by atoms with Crippen LogP contribution in [-0.4, -0.2) is 35.7 Å². The SMILES string of the molecule is Cc1cc(C(=O)NCCSCCCO)ccc1N. The number of aliphatic hydroxyl groups excluding tert-OH is 1. The molecule has 1 aromatic carbocycles. The highest BCUT2D eigenvalue weighted by atomic mass is 32.2. The maximum atomic E-state index is 11.8. The van der Waals surface area contributed by atoms with Crippen molar-refractivity contribution >= 4 is 23.4 Å². The van der Waals surface area contributed by atoms with Crippen LogP contribution in [-0.2, 0) is 0 Å². The summed E-state index contributed by atoms with van der Waals surface area (Å²) in [6.07, 6.45) is 0.801. The number of nitrogens with one attached hydrogen (secondary N) is 1.